The number of nitrogens with one attached hydrogen (secondary N) is 2. The first-order valence-corrected chi connectivity index (χ1v) is 13.5. The summed E-state index contributed by atoms with van der Waals surface area (Å²) >= 11 is 0. The van der Waals surface area contributed by atoms with Gasteiger partial charge in [0.05, 0.1) is 23.4 Å². The zero-order chi connectivity index (χ0) is 28.2. The Morgan fingerprint density at radius 3 is 2.83 bits per heavy atom. The summed E-state index contributed by atoms with van der Waals surface area (Å²) in [6.07, 6.45) is 6.50. The lowest BCUT2D eigenvalue weighted by Gasteiger charge is -2.36. The van der Waals surface area contributed by atoms with Crippen LogP contribution in [0.25, 0.3) is 0 Å². The smallest absolute Gasteiger partial charge is 0.328 e. The Hall–Kier alpha value is -4.08. The van der Waals surface area contributed by atoms with Gasteiger partial charge in [-0.15, -0.1) is 0 Å². The highest BCUT2D eigenvalue weighted by atomic mass is 16.5. The third-order valence-electron chi connectivity index (χ3n) is 7.73. The maximum Gasteiger partial charge on any atom is 0.328 e. The van der Waals surface area contributed by atoms with Crippen molar-refractivity contribution in [1.82, 2.24) is 14.9 Å². The quantitative estimate of drug-likeness (QED) is 0.476. The molecule has 0 radical (unpaired) electrons. The number of nitrogens with zero attached hydrogens (tertiary/aromatic N) is 5. The number of anilines is 3. The molecule has 2 aromatic heterocycles. The fraction of sp³-hybridized carbons (Fsp3) is 0.500. The molecular formula is C28H33N7O5. The van der Waals surface area contributed by atoms with E-state index in [2.05, 4.69) is 26.7 Å². The zero-order valence-electron chi connectivity index (χ0n) is 22.7. The summed E-state index contributed by atoms with van der Waals surface area (Å²) in [7, 11) is 3.35. The highest BCUT2D eigenvalue weighted by Gasteiger charge is 2.32. The summed E-state index contributed by atoms with van der Waals surface area (Å²) in [5, 5.41) is 15.7. The van der Waals surface area contributed by atoms with E-state index in [4.69, 9.17) is 9.47 Å². The standard InChI is InChI=1S/C28H33N7O5/c1-34(27(37)24-6-4-10-40-24)15-18-11-17-5-3-9-35(26(17)32-22(18)16-36)28(38)33-25-12-21(19(13-29)14-30-25)31-20-7-8-23(20)39-2/h11-12,14,16,20,23-24H,3-10,15H2,1-2H3,(H2,30,31,33,38)/t20-,23+,24-/m1/s1. The average molecular weight is 548 g/mol. The van der Waals surface area contributed by atoms with Gasteiger partial charge in [0.1, 0.15) is 29.5 Å². The summed E-state index contributed by atoms with van der Waals surface area (Å²) in [5.41, 5.74) is 2.58. The number of ether oxygens (including phenoxy) is 2. The van der Waals surface area contributed by atoms with Crippen molar-refractivity contribution in [3.05, 3.63) is 40.7 Å². The van der Waals surface area contributed by atoms with Crippen molar-refractivity contribution in [1.29, 1.82) is 5.26 Å². The molecule has 2 N–H and O–H groups in total. The van der Waals surface area contributed by atoms with E-state index in [0.717, 1.165) is 24.8 Å². The number of methoxy groups -OCH3 is 1. The molecule has 3 amide bonds. The van der Waals surface area contributed by atoms with Crippen molar-refractivity contribution in [2.45, 2.75) is 63.3 Å². The highest BCUT2D eigenvalue weighted by molar-refractivity contribution is 6.02. The Morgan fingerprint density at radius 2 is 2.15 bits per heavy atom. The van der Waals surface area contributed by atoms with E-state index in [1.165, 1.54) is 11.1 Å². The predicted molar refractivity (Wildman–Crippen MR) is 146 cm³/mol. The second kappa shape index (κ2) is 12.0. The van der Waals surface area contributed by atoms with Crippen LogP contribution >= 0.6 is 0 Å². The number of aryl methyl sites for hydroxylation is 1. The SMILES string of the molecule is CO[C@H]1CC[C@H]1Nc1cc(NC(=O)N2CCCc3cc(CN(C)C(=O)[C@H]4CCCO4)c(C=O)nc32)ncc1C#N. The van der Waals surface area contributed by atoms with Crippen LogP contribution in [0.5, 0.6) is 0 Å². The molecule has 40 heavy (non-hydrogen) atoms. The van der Waals surface area contributed by atoms with Crippen molar-refractivity contribution in [2.75, 3.05) is 42.8 Å². The molecule has 0 bridgehead atoms. The van der Waals surface area contributed by atoms with Gasteiger partial charge < -0.3 is 19.7 Å². The fourth-order valence-corrected chi connectivity index (χ4v) is 5.36. The van der Waals surface area contributed by atoms with Crippen LogP contribution in [0.15, 0.2) is 18.3 Å². The number of aromatic nitrogens is 2. The lowest BCUT2D eigenvalue weighted by Crippen LogP contribution is -2.44. The molecule has 210 valence electrons. The van der Waals surface area contributed by atoms with Gasteiger partial charge in [0.15, 0.2) is 6.29 Å². The first-order valence-electron chi connectivity index (χ1n) is 13.5. The number of fused-ring (bicyclic) bond motifs is 1. The maximum atomic E-state index is 13.4. The van der Waals surface area contributed by atoms with E-state index < -0.39 is 12.1 Å². The molecule has 5 rings (SSSR count). The van der Waals surface area contributed by atoms with Crippen molar-refractivity contribution in [3.63, 3.8) is 0 Å². The number of carbonyl (C=O) groups excluding carboxylic acids is 3. The van der Waals surface area contributed by atoms with E-state index >= 15 is 0 Å². The number of pyridine rings is 2. The number of carbonyl (C=O) groups is 3. The van der Waals surface area contributed by atoms with Gasteiger partial charge in [-0.05, 0) is 50.2 Å². The van der Waals surface area contributed by atoms with Crippen molar-refractivity contribution >= 4 is 35.5 Å². The largest absolute Gasteiger partial charge is 0.379 e. The Morgan fingerprint density at radius 1 is 1.30 bits per heavy atom. The normalized spacial score (nSPS) is 21.5. The number of amides is 3. The van der Waals surface area contributed by atoms with Crippen LogP contribution in [0.1, 0.15) is 59.3 Å². The number of nitriles is 1. The fourth-order valence-electron chi connectivity index (χ4n) is 5.36. The van der Waals surface area contributed by atoms with Crippen molar-refractivity contribution < 1.29 is 23.9 Å². The first kappa shape index (κ1) is 27.5. The number of aldehydes is 1. The van der Waals surface area contributed by atoms with Gasteiger partial charge in [-0.25, -0.2) is 14.8 Å². The Balaban J connectivity index is 1.32. The third-order valence-corrected chi connectivity index (χ3v) is 7.73. The van der Waals surface area contributed by atoms with Crippen LogP contribution in [0, 0.1) is 11.3 Å². The molecule has 3 atom stereocenters. The van der Waals surface area contributed by atoms with Crippen LogP contribution in [-0.4, -0.2) is 78.7 Å². The van der Waals surface area contributed by atoms with Crippen molar-refractivity contribution in [3.8, 4) is 6.07 Å². The first-order chi connectivity index (χ1) is 19.4. The molecule has 1 saturated heterocycles. The lowest BCUT2D eigenvalue weighted by molar-refractivity contribution is -0.140. The van der Waals surface area contributed by atoms with Crippen molar-refractivity contribution in [2.24, 2.45) is 0 Å². The average Bonchev–Trinajstić information content (AvgIpc) is 3.49. The van der Waals surface area contributed by atoms with Gasteiger partial charge in [0.25, 0.3) is 5.91 Å². The Labute approximate surface area is 232 Å². The van der Waals surface area contributed by atoms with Crippen LogP contribution in [-0.2, 0) is 27.2 Å². The molecule has 3 aliphatic rings. The molecule has 0 spiro atoms. The van der Waals surface area contributed by atoms with Crippen LogP contribution in [0.2, 0.25) is 0 Å². The molecule has 4 heterocycles. The van der Waals surface area contributed by atoms with Crippen LogP contribution in [0.3, 0.4) is 0 Å². The molecule has 2 aliphatic heterocycles. The monoisotopic (exact) mass is 547 g/mol. The molecule has 12 nitrogen and oxygen atoms in total. The lowest BCUT2D eigenvalue weighted by atomic mass is 9.88. The minimum absolute atomic E-state index is 0.0690. The van der Waals surface area contributed by atoms with Crippen LogP contribution in [0.4, 0.5) is 22.1 Å². The summed E-state index contributed by atoms with van der Waals surface area (Å²) in [6, 6.07) is 5.27. The number of likely N-dealkylation sites (N-methyl/N-ethyl adjacent to an activating group) is 1. The second-order valence-corrected chi connectivity index (χ2v) is 10.3. The minimum Gasteiger partial charge on any atom is -0.379 e. The summed E-state index contributed by atoms with van der Waals surface area (Å²) in [5.74, 6) is 0.576. The number of rotatable bonds is 8. The Kier molecular flexibility index (Phi) is 8.23. The third kappa shape index (κ3) is 5.61. The zero-order valence-corrected chi connectivity index (χ0v) is 22.7. The molecule has 0 aromatic carbocycles. The number of urea groups is 1. The van der Waals surface area contributed by atoms with E-state index in [-0.39, 0.29) is 36.1 Å². The minimum atomic E-state index is -0.448. The van der Waals surface area contributed by atoms with Gasteiger partial charge in [-0.1, -0.05) is 0 Å². The number of hydrogen-bond donors (Lipinski definition) is 2. The molecule has 2 aromatic rings. The molecule has 2 fully saturated rings. The predicted octanol–water partition coefficient (Wildman–Crippen LogP) is 2.87. The van der Waals surface area contributed by atoms with E-state index in [9.17, 15) is 19.6 Å². The Bertz CT molecular complexity index is 1340. The molecular weight excluding hydrogens is 514 g/mol. The summed E-state index contributed by atoms with van der Waals surface area (Å²) in [4.78, 5) is 49.9. The number of hydrogen-bond acceptors (Lipinski definition) is 9. The molecule has 1 aliphatic carbocycles. The molecule has 1 saturated carbocycles. The highest BCUT2D eigenvalue weighted by Crippen LogP contribution is 2.31. The van der Waals surface area contributed by atoms with Gasteiger partial charge in [-0.2, -0.15) is 5.26 Å². The van der Waals surface area contributed by atoms with E-state index in [1.807, 2.05) is 6.07 Å². The maximum absolute atomic E-state index is 13.4. The molecule has 12 heteroatoms. The summed E-state index contributed by atoms with van der Waals surface area (Å²) in [6.45, 7) is 1.21. The summed E-state index contributed by atoms with van der Waals surface area (Å²) < 4.78 is 11.0. The van der Waals surface area contributed by atoms with Gasteiger partial charge in [-0.3, -0.25) is 19.8 Å². The van der Waals surface area contributed by atoms with E-state index in [0.29, 0.717) is 61.3 Å². The molecule has 0 unspecified atom stereocenters. The van der Waals surface area contributed by atoms with Gasteiger partial charge >= 0.3 is 6.03 Å². The topological polar surface area (TPSA) is 150 Å². The van der Waals surface area contributed by atoms with Gasteiger partial charge in [0, 0.05) is 51.7 Å². The van der Waals surface area contributed by atoms with E-state index in [1.54, 1.807) is 25.1 Å². The van der Waals surface area contributed by atoms with Gasteiger partial charge in [0.2, 0.25) is 0 Å². The second-order valence-electron chi connectivity index (χ2n) is 10.3. The van der Waals surface area contributed by atoms with Crippen LogP contribution < -0.4 is 15.5 Å².